The molecular formula is C33H39Cl2N3O10. The molecule has 13 nitrogen and oxygen atoms in total. The number of aliphatic hydroxyl groups excluding tert-OH is 1. The van der Waals surface area contributed by atoms with Crippen LogP contribution in [0.15, 0.2) is 35.5 Å². The minimum atomic E-state index is -1.23. The van der Waals surface area contributed by atoms with Gasteiger partial charge in [0.2, 0.25) is 5.91 Å². The molecule has 0 spiro atoms. The Hall–Kier alpha value is -4.04. The second-order valence-corrected chi connectivity index (χ2v) is 12.9. The van der Waals surface area contributed by atoms with Gasteiger partial charge in [0, 0.05) is 37.5 Å². The summed E-state index contributed by atoms with van der Waals surface area (Å²) in [7, 11) is 0. The van der Waals surface area contributed by atoms with Gasteiger partial charge >= 0.3 is 5.97 Å². The van der Waals surface area contributed by atoms with Crippen molar-refractivity contribution in [2.24, 2.45) is 11.8 Å². The minimum Gasteiger partial charge on any atom is -0.504 e. The molecule has 2 aliphatic rings. The normalized spacial score (nSPS) is 19.3. The minimum absolute atomic E-state index is 0.0138. The maximum absolute atomic E-state index is 12.8. The van der Waals surface area contributed by atoms with Crippen LogP contribution in [-0.4, -0.2) is 102 Å². The first-order chi connectivity index (χ1) is 22.7. The summed E-state index contributed by atoms with van der Waals surface area (Å²) in [4.78, 5) is 53.8. The first kappa shape index (κ1) is 36.8. The van der Waals surface area contributed by atoms with Crippen molar-refractivity contribution in [1.29, 1.82) is 0 Å². The molecule has 0 aromatic heterocycles. The Morgan fingerprint density at radius 3 is 2.10 bits per heavy atom. The van der Waals surface area contributed by atoms with Crippen LogP contribution in [0.25, 0.3) is 0 Å². The molecule has 0 unspecified atom stereocenters. The van der Waals surface area contributed by atoms with E-state index in [9.17, 15) is 49.8 Å². The third kappa shape index (κ3) is 7.49. The van der Waals surface area contributed by atoms with Gasteiger partial charge in [-0.15, -0.1) is 0 Å². The number of benzene rings is 2. The lowest BCUT2D eigenvalue weighted by molar-refractivity contribution is -0.163. The van der Waals surface area contributed by atoms with Crippen molar-refractivity contribution in [2.75, 3.05) is 26.2 Å². The maximum Gasteiger partial charge on any atom is 0.352 e. The number of carboxylic acids is 1. The monoisotopic (exact) mass is 707 g/mol. The lowest BCUT2D eigenvalue weighted by atomic mass is 9.77. The number of unbranched alkanes of at least 4 members (excludes halogenated alkanes) is 2. The van der Waals surface area contributed by atoms with Crippen LogP contribution in [0, 0.1) is 11.8 Å². The summed E-state index contributed by atoms with van der Waals surface area (Å²) in [6, 6.07) is 4.53. The molecule has 2 aliphatic heterocycles. The van der Waals surface area contributed by atoms with Crippen LogP contribution in [0.4, 0.5) is 0 Å². The zero-order valence-electron chi connectivity index (χ0n) is 26.4. The van der Waals surface area contributed by atoms with E-state index in [1.165, 1.54) is 30.0 Å². The number of phenolic OH excluding ortho intramolecular Hbond substituents is 4. The van der Waals surface area contributed by atoms with E-state index < -0.39 is 58.8 Å². The van der Waals surface area contributed by atoms with E-state index >= 15 is 0 Å². The fraction of sp³-hybridized carbons (Fsp3) is 0.455. The van der Waals surface area contributed by atoms with Crippen molar-refractivity contribution in [2.45, 2.75) is 58.1 Å². The average molecular weight is 709 g/mol. The highest BCUT2D eigenvalue weighted by Gasteiger charge is 2.59. The molecule has 260 valence electrons. The average Bonchev–Trinajstić information content (AvgIpc) is 3.27. The van der Waals surface area contributed by atoms with Gasteiger partial charge in [-0.1, -0.05) is 36.5 Å². The van der Waals surface area contributed by atoms with Crippen molar-refractivity contribution in [3.63, 3.8) is 0 Å². The first-order valence-corrected chi connectivity index (χ1v) is 16.3. The summed E-state index contributed by atoms with van der Waals surface area (Å²) in [5.74, 6) is -5.53. The van der Waals surface area contributed by atoms with Crippen molar-refractivity contribution in [3.8, 4) is 23.0 Å². The van der Waals surface area contributed by atoms with Gasteiger partial charge in [-0.2, -0.15) is 0 Å². The van der Waals surface area contributed by atoms with Gasteiger partial charge in [-0.25, -0.2) is 4.79 Å². The predicted molar refractivity (Wildman–Crippen MR) is 175 cm³/mol. The number of ketones is 1. The number of nitrogens with one attached hydrogen (secondary N) is 1. The number of β-lactam (4-membered cyclic amide) rings is 1. The molecular weight excluding hydrogens is 669 g/mol. The highest BCUT2D eigenvalue weighted by molar-refractivity contribution is 6.36. The van der Waals surface area contributed by atoms with Crippen LogP contribution in [0.2, 0.25) is 10.0 Å². The van der Waals surface area contributed by atoms with Crippen molar-refractivity contribution in [1.82, 2.24) is 15.1 Å². The smallest absolute Gasteiger partial charge is 0.352 e. The van der Waals surface area contributed by atoms with Gasteiger partial charge in [0.15, 0.2) is 28.8 Å². The van der Waals surface area contributed by atoms with E-state index in [-0.39, 0.29) is 58.1 Å². The number of amides is 2. The number of Topliss-reactive ketones (excluding diaryl/α,β-unsaturated/α-hetero) is 1. The van der Waals surface area contributed by atoms with Crippen molar-refractivity contribution in [3.05, 3.63) is 56.7 Å². The Morgan fingerprint density at radius 1 is 0.917 bits per heavy atom. The third-order valence-corrected chi connectivity index (χ3v) is 9.73. The Morgan fingerprint density at radius 2 is 1.50 bits per heavy atom. The Bertz CT molecular complexity index is 1630. The number of hydrogen-bond donors (Lipinski definition) is 7. The van der Waals surface area contributed by atoms with E-state index in [1.807, 2.05) is 11.8 Å². The van der Waals surface area contributed by atoms with Crippen molar-refractivity contribution >= 4 is 46.8 Å². The first-order valence-electron chi connectivity index (χ1n) is 15.6. The molecule has 1 fully saturated rings. The predicted octanol–water partition coefficient (Wildman–Crippen LogP) is 3.88. The zero-order chi connectivity index (χ0) is 35.4. The molecule has 4 rings (SSSR count). The van der Waals surface area contributed by atoms with Crippen LogP contribution in [-0.2, 0) is 9.59 Å². The van der Waals surface area contributed by atoms with Crippen LogP contribution < -0.4 is 5.32 Å². The van der Waals surface area contributed by atoms with Gasteiger partial charge in [0.25, 0.3) is 5.91 Å². The number of aromatic hydroxyl groups is 4. The molecule has 7 N–H and O–H groups in total. The Kier molecular flexibility index (Phi) is 11.8. The standard InChI is InChI=1S/C33H39Cl2N3O10/c1-16-20(28(33(47)48)38-27(16)24(17(2)39)32(38)46)15-37(14-6-12-36-31(45)19-9-11-23(42)30(44)26(19)35)13-5-3-4-7-21(40)18-8-10-22(41)29(43)25(18)34/h8-11,16-17,24,27,39,41-44H,3-7,12-15H2,1-2H3,(H,36,45)(H,47,48)/t16-,17+,24+,27+/m0/s1. The Labute approximate surface area is 287 Å². The number of carboxylic acid groups (broad SMARTS) is 1. The summed E-state index contributed by atoms with van der Waals surface area (Å²) < 4.78 is 0. The molecule has 2 amide bonds. The van der Waals surface area contributed by atoms with E-state index in [4.69, 9.17) is 23.2 Å². The second kappa shape index (κ2) is 15.5. The van der Waals surface area contributed by atoms with Crippen LogP contribution in [0.3, 0.4) is 0 Å². The molecule has 0 aliphatic carbocycles. The van der Waals surface area contributed by atoms with Crippen LogP contribution in [0.5, 0.6) is 23.0 Å². The third-order valence-electron chi connectivity index (χ3n) is 8.96. The zero-order valence-corrected chi connectivity index (χ0v) is 28.0. The van der Waals surface area contributed by atoms with Gasteiger partial charge in [-0.3, -0.25) is 19.3 Å². The van der Waals surface area contributed by atoms with E-state index in [0.717, 1.165) is 6.07 Å². The highest BCUT2D eigenvalue weighted by Crippen LogP contribution is 2.47. The summed E-state index contributed by atoms with van der Waals surface area (Å²) in [5, 5.41) is 61.3. The molecule has 0 bridgehead atoms. The number of carbonyl (C=O) groups excluding carboxylic acids is 3. The van der Waals surface area contributed by atoms with E-state index in [0.29, 0.717) is 44.3 Å². The summed E-state index contributed by atoms with van der Waals surface area (Å²) >= 11 is 12.0. The van der Waals surface area contributed by atoms with Gasteiger partial charge in [0.05, 0.1) is 33.7 Å². The molecule has 0 radical (unpaired) electrons. The molecule has 2 aromatic carbocycles. The number of rotatable bonds is 16. The summed E-state index contributed by atoms with van der Waals surface area (Å²) in [5.41, 5.74) is 0.586. The van der Waals surface area contributed by atoms with Gasteiger partial charge in [-0.05, 0) is 62.6 Å². The largest absolute Gasteiger partial charge is 0.504 e. The van der Waals surface area contributed by atoms with Gasteiger partial charge < -0.3 is 40.9 Å². The number of phenols is 4. The molecule has 2 aromatic rings. The van der Waals surface area contributed by atoms with Crippen LogP contribution in [0.1, 0.15) is 66.7 Å². The number of aliphatic carboxylic acids is 1. The number of aliphatic hydroxyl groups is 1. The molecule has 48 heavy (non-hydrogen) atoms. The molecule has 15 heteroatoms. The SMILES string of the molecule is C[C@@H](O)[C@H]1C(=O)N2C(C(=O)O)=C(CN(CCCCCC(=O)c3ccc(O)c(O)c3Cl)CCCNC(=O)c3ccc(O)c(O)c3Cl)[C@H](C)[C@H]12. The quantitative estimate of drug-likeness (QED) is 0.0576. The molecule has 1 saturated heterocycles. The number of carbonyl (C=O) groups is 4. The van der Waals surface area contributed by atoms with Gasteiger partial charge in [0.1, 0.15) is 5.70 Å². The molecule has 0 saturated carbocycles. The lowest BCUT2D eigenvalue weighted by Crippen LogP contribution is -2.63. The molecule has 2 heterocycles. The number of halogens is 2. The highest BCUT2D eigenvalue weighted by atomic mass is 35.5. The maximum atomic E-state index is 12.8. The van der Waals surface area contributed by atoms with Crippen LogP contribution >= 0.6 is 23.2 Å². The number of fused-ring (bicyclic) bond motifs is 1. The number of hydrogen-bond acceptors (Lipinski definition) is 10. The fourth-order valence-electron chi connectivity index (χ4n) is 6.40. The second-order valence-electron chi connectivity index (χ2n) is 12.1. The summed E-state index contributed by atoms with van der Waals surface area (Å²) in [6.45, 7) is 4.72. The topological polar surface area (TPSA) is 208 Å². The molecule has 4 atom stereocenters. The van der Waals surface area contributed by atoms with E-state index in [1.54, 1.807) is 0 Å². The van der Waals surface area contributed by atoms with E-state index in [2.05, 4.69) is 5.32 Å². The van der Waals surface area contributed by atoms with Crippen molar-refractivity contribution < 1.29 is 49.8 Å². The Balaban J connectivity index is 1.40. The summed E-state index contributed by atoms with van der Waals surface area (Å²) in [6.07, 6.45) is 1.42. The fourth-order valence-corrected chi connectivity index (χ4v) is 6.91. The lowest BCUT2D eigenvalue weighted by Gasteiger charge is -2.46. The number of nitrogens with zero attached hydrogens (tertiary/aromatic N) is 2.